The Morgan fingerprint density at radius 3 is 2.71 bits per heavy atom. The molecule has 1 aromatic rings. The van der Waals surface area contributed by atoms with Gasteiger partial charge in [-0.2, -0.15) is 11.8 Å². The summed E-state index contributed by atoms with van der Waals surface area (Å²) in [4.78, 5) is 3.20. The lowest BCUT2D eigenvalue weighted by Crippen LogP contribution is -2.37. The second-order valence-electron chi connectivity index (χ2n) is 4.11. The zero-order chi connectivity index (χ0) is 12.3. The normalized spacial score (nSPS) is 15.8. The van der Waals surface area contributed by atoms with Crippen LogP contribution in [0, 0.1) is 6.92 Å². The molecule has 0 N–H and O–H groups in total. The zero-order valence-electron chi connectivity index (χ0n) is 10.2. The molecule has 1 aliphatic heterocycles. The van der Waals surface area contributed by atoms with Crippen molar-refractivity contribution in [2.75, 3.05) is 31.7 Å². The summed E-state index contributed by atoms with van der Waals surface area (Å²) in [6, 6.07) is 6.20. The summed E-state index contributed by atoms with van der Waals surface area (Å²) in [7, 11) is 1.70. The molecule has 2 nitrogen and oxygen atoms in total. The Balaban J connectivity index is 2.23. The van der Waals surface area contributed by atoms with Crippen LogP contribution < -0.4 is 4.74 Å². The molecule has 1 aromatic carbocycles. The summed E-state index contributed by atoms with van der Waals surface area (Å²) in [6.45, 7) is 4.15. The summed E-state index contributed by atoms with van der Waals surface area (Å²) in [5, 5.41) is 0. The van der Waals surface area contributed by atoms with Gasteiger partial charge in [0, 0.05) is 24.6 Å². The van der Waals surface area contributed by atoms with Crippen LogP contribution in [0.5, 0.6) is 5.75 Å². The van der Waals surface area contributed by atoms with Crippen LogP contribution in [-0.4, -0.2) is 41.6 Å². The van der Waals surface area contributed by atoms with Crippen molar-refractivity contribution in [1.29, 1.82) is 0 Å². The minimum absolute atomic E-state index is 0.883. The van der Waals surface area contributed by atoms with Gasteiger partial charge in [0.2, 0.25) is 0 Å². The third-order valence-corrected chi connectivity index (χ3v) is 4.31. The lowest BCUT2D eigenvalue weighted by Gasteiger charge is -2.29. The van der Waals surface area contributed by atoms with E-state index in [1.54, 1.807) is 7.11 Å². The van der Waals surface area contributed by atoms with Crippen molar-refractivity contribution in [3.63, 3.8) is 0 Å². The minimum Gasteiger partial charge on any atom is -0.496 e. The van der Waals surface area contributed by atoms with Crippen LogP contribution in [0.25, 0.3) is 0 Å². The zero-order valence-corrected chi connectivity index (χ0v) is 11.9. The second kappa shape index (κ2) is 5.74. The monoisotopic (exact) mass is 267 g/mol. The second-order valence-corrected chi connectivity index (χ2v) is 5.72. The summed E-state index contributed by atoms with van der Waals surface area (Å²) in [5.41, 5.74) is 2.24. The predicted octanol–water partition coefficient (Wildman–Crippen LogP) is 2.73. The topological polar surface area (TPSA) is 12.5 Å². The van der Waals surface area contributed by atoms with E-state index in [4.69, 9.17) is 17.0 Å². The molecule has 2 rings (SSSR count). The summed E-state index contributed by atoms with van der Waals surface area (Å²) in [6.07, 6.45) is 0. The van der Waals surface area contributed by atoms with E-state index in [-0.39, 0.29) is 0 Å². The highest BCUT2D eigenvalue weighted by Gasteiger charge is 2.17. The highest BCUT2D eigenvalue weighted by molar-refractivity contribution is 7.99. The maximum absolute atomic E-state index is 5.57. The van der Waals surface area contributed by atoms with Crippen LogP contribution in [-0.2, 0) is 0 Å². The summed E-state index contributed by atoms with van der Waals surface area (Å²) < 4.78 is 5.42. The fourth-order valence-corrected chi connectivity index (χ4v) is 3.17. The molecule has 0 atom stereocenters. The fraction of sp³-hybridized carbons (Fsp3) is 0.462. The Bertz CT molecular complexity index is 414. The molecule has 0 radical (unpaired) electrons. The molecule has 0 bridgehead atoms. The van der Waals surface area contributed by atoms with Gasteiger partial charge in [-0.05, 0) is 24.6 Å². The Labute approximate surface area is 112 Å². The molecule has 17 heavy (non-hydrogen) atoms. The van der Waals surface area contributed by atoms with Crippen LogP contribution in [0.2, 0.25) is 0 Å². The largest absolute Gasteiger partial charge is 0.496 e. The van der Waals surface area contributed by atoms with E-state index in [0.717, 1.165) is 40.9 Å². The summed E-state index contributed by atoms with van der Waals surface area (Å²) >= 11 is 7.57. The van der Waals surface area contributed by atoms with Crippen LogP contribution in [0.1, 0.15) is 11.1 Å². The van der Waals surface area contributed by atoms with Crippen molar-refractivity contribution in [2.45, 2.75) is 6.92 Å². The van der Waals surface area contributed by atoms with Gasteiger partial charge in [0.25, 0.3) is 0 Å². The van der Waals surface area contributed by atoms with E-state index in [0.29, 0.717) is 0 Å². The lowest BCUT2D eigenvalue weighted by molar-refractivity contribution is 0.410. The van der Waals surface area contributed by atoms with Crippen molar-refractivity contribution in [3.8, 4) is 5.75 Å². The van der Waals surface area contributed by atoms with Gasteiger partial charge in [0.05, 0.1) is 12.7 Å². The van der Waals surface area contributed by atoms with Crippen molar-refractivity contribution in [2.24, 2.45) is 0 Å². The Morgan fingerprint density at radius 2 is 2.06 bits per heavy atom. The number of thioether (sulfide) groups is 1. The minimum atomic E-state index is 0.883. The number of aryl methyl sites for hydroxylation is 1. The average molecular weight is 267 g/mol. The SMILES string of the molecule is COc1cc(C)ccc1C(=S)N1CCSCC1. The molecule has 0 spiro atoms. The van der Waals surface area contributed by atoms with Crippen LogP contribution in [0.15, 0.2) is 18.2 Å². The first-order chi connectivity index (χ1) is 8.22. The molecule has 92 valence electrons. The molecular formula is C13H17NOS2. The quantitative estimate of drug-likeness (QED) is 0.764. The van der Waals surface area contributed by atoms with Crippen LogP contribution >= 0.6 is 24.0 Å². The van der Waals surface area contributed by atoms with Crippen molar-refractivity contribution < 1.29 is 4.74 Å². The van der Waals surface area contributed by atoms with Crippen molar-refractivity contribution in [3.05, 3.63) is 29.3 Å². The number of rotatable bonds is 2. The van der Waals surface area contributed by atoms with Gasteiger partial charge in [-0.25, -0.2) is 0 Å². The molecular weight excluding hydrogens is 250 g/mol. The van der Waals surface area contributed by atoms with Gasteiger partial charge in [-0.15, -0.1) is 0 Å². The number of ether oxygens (including phenoxy) is 1. The molecule has 1 heterocycles. The number of nitrogens with zero attached hydrogens (tertiary/aromatic N) is 1. The average Bonchev–Trinajstić information content (AvgIpc) is 2.39. The smallest absolute Gasteiger partial charge is 0.129 e. The third-order valence-electron chi connectivity index (χ3n) is 2.89. The number of hydrogen-bond donors (Lipinski definition) is 0. The third kappa shape index (κ3) is 2.93. The first-order valence-corrected chi connectivity index (χ1v) is 7.30. The standard InChI is InChI=1S/C13H17NOS2/c1-10-3-4-11(12(9-10)15-2)13(16)14-5-7-17-8-6-14/h3-4,9H,5-8H2,1-2H3. The molecule has 0 saturated carbocycles. The van der Waals surface area contributed by atoms with Crippen molar-refractivity contribution in [1.82, 2.24) is 4.90 Å². The van der Waals surface area contributed by atoms with E-state index in [1.807, 2.05) is 17.8 Å². The van der Waals surface area contributed by atoms with Gasteiger partial charge >= 0.3 is 0 Å². The molecule has 1 saturated heterocycles. The maximum atomic E-state index is 5.57. The number of methoxy groups -OCH3 is 1. The van der Waals surface area contributed by atoms with Crippen molar-refractivity contribution >= 4 is 29.0 Å². The van der Waals surface area contributed by atoms with Gasteiger partial charge < -0.3 is 9.64 Å². The highest BCUT2D eigenvalue weighted by Crippen LogP contribution is 2.23. The first-order valence-electron chi connectivity index (χ1n) is 5.74. The Morgan fingerprint density at radius 1 is 1.35 bits per heavy atom. The van der Waals surface area contributed by atoms with Crippen LogP contribution in [0.4, 0.5) is 0 Å². The maximum Gasteiger partial charge on any atom is 0.129 e. The molecule has 1 fully saturated rings. The van der Waals surface area contributed by atoms with Gasteiger partial charge in [-0.1, -0.05) is 18.3 Å². The molecule has 1 aliphatic rings. The lowest BCUT2D eigenvalue weighted by atomic mass is 10.1. The predicted molar refractivity (Wildman–Crippen MR) is 78.3 cm³/mol. The van der Waals surface area contributed by atoms with Gasteiger partial charge in [0.15, 0.2) is 0 Å². The first kappa shape index (κ1) is 12.7. The van der Waals surface area contributed by atoms with E-state index < -0.39 is 0 Å². The fourth-order valence-electron chi connectivity index (χ4n) is 1.91. The van der Waals surface area contributed by atoms with Crippen LogP contribution in [0.3, 0.4) is 0 Å². The van der Waals surface area contributed by atoms with E-state index >= 15 is 0 Å². The number of benzene rings is 1. The number of hydrogen-bond acceptors (Lipinski definition) is 3. The molecule has 0 aliphatic carbocycles. The molecule has 4 heteroatoms. The molecule has 0 unspecified atom stereocenters. The van der Waals surface area contributed by atoms with Gasteiger partial charge in [0.1, 0.15) is 10.7 Å². The molecule has 0 amide bonds. The summed E-state index contributed by atoms with van der Waals surface area (Å²) in [5.74, 6) is 3.20. The molecule has 0 aromatic heterocycles. The van der Waals surface area contributed by atoms with E-state index in [2.05, 4.69) is 24.0 Å². The Hall–Kier alpha value is -0.740. The highest BCUT2D eigenvalue weighted by atomic mass is 32.2. The van der Waals surface area contributed by atoms with E-state index in [1.165, 1.54) is 5.56 Å². The van der Waals surface area contributed by atoms with Gasteiger partial charge in [-0.3, -0.25) is 0 Å². The number of thiocarbonyl (C=S) groups is 1. The Kier molecular flexibility index (Phi) is 4.29. The van der Waals surface area contributed by atoms with E-state index in [9.17, 15) is 0 Å².